The first-order chi connectivity index (χ1) is 5.86. The molecule has 0 spiro atoms. The minimum atomic E-state index is 0.617. The molecule has 0 aromatic carbocycles. The van der Waals surface area contributed by atoms with Crippen LogP contribution < -0.4 is 0 Å². The molecule has 2 rings (SSSR count). The van der Waals surface area contributed by atoms with E-state index in [9.17, 15) is 0 Å². The monoisotopic (exact) mass is 160 g/mol. The first-order valence-electron chi connectivity index (χ1n) is 4.24. The second-order valence-corrected chi connectivity index (χ2v) is 3.15. The van der Waals surface area contributed by atoms with Crippen LogP contribution in [-0.4, -0.2) is 9.55 Å². The van der Waals surface area contributed by atoms with Crippen LogP contribution in [0.4, 0.5) is 0 Å². The molecular weight excluding hydrogens is 148 g/mol. The first-order valence-corrected chi connectivity index (χ1v) is 4.24. The Morgan fingerprint density at radius 2 is 2.50 bits per heavy atom. The molecule has 1 aliphatic rings. The summed E-state index contributed by atoms with van der Waals surface area (Å²) in [5.41, 5.74) is 0. The van der Waals surface area contributed by atoms with Crippen molar-refractivity contribution in [1.29, 1.82) is 0 Å². The van der Waals surface area contributed by atoms with E-state index in [2.05, 4.69) is 36.3 Å². The minimum absolute atomic E-state index is 0.617. The van der Waals surface area contributed by atoms with E-state index in [4.69, 9.17) is 0 Å². The van der Waals surface area contributed by atoms with E-state index in [0.717, 1.165) is 12.2 Å². The normalized spacial score (nSPS) is 26.9. The number of hydrogen-bond donors (Lipinski definition) is 0. The summed E-state index contributed by atoms with van der Waals surface area (Å²) in [7, 11) is 0. The fourth-order valence-electron chi connectivity index (χ4n) is 1.30. The molecule has 2 heterocycles. The summed E-state index contributed by atoms with van der Waals surface area (Å²) in [6.45, 7) is 2.21. The maximum Gasteiger partial charge on any atom is 0.136 e. The molecule has 0 amide bonds. The third kappa shape index (κ3) is 1.33. The van der Waals surface area contributed by atoms with Crippen LogP contribution in [0.2, 0.25) is 0 Å². The van der Waals surface area contributed by atoms with Gasteiger partial charge >= 0.3 is 0 Å². The SMILES string of the molecule is CC1/C=C\c2nccn2/C=C/C1. The van der Waals surface area contributed by atoms with Gasteiger partial charge in [-0.05, 0) is 18.4 Å². The van der Waals surface area contributed by atoms with Crippen molar-refractivity contribution in [2.75, 3.05) is 0 Å². The minimum Gasteiger partial charge on any atom is -0.307 e. The highest BCUT2D eigenvalue weighted by Gasteiger charge is 2.00. The molecule has 0 aliphatic carbocycles. The van der Waals surface area contributed by atoms with Gasteiger partial charge in [-0.15, -0.1) is 0 Å². The molecule has 1 unspecified atom stereocenters. The van der Waals surface area contributed by atoms with E-state index >= 15 is 0 Å². The van der Waals surface area contributed by atoms with Crippen molar-refractivity contribution in [3.8, 4) is 0 Å². The van der Waals surface area contributed by atoms with Gasteiger partial charge in [0.05, 0.1) is 0 Å². The van der Waals surface area contributed by atoms with Crippen LogP contribution in [0.15, 0.2) is 24.5 Å². The summed E-state index contributed by atoms with van der Waals surface area (Å²) in [6.07, 6.45) is 13.4. The number of rotatable bonds is 0. The van der Waals surface area contributed by atoms with E-state index in [0.29, 0.717) is 5.92 Å². The van der Waals surface area contributed by atoms with E-state index in [-0.39, 0.29) is 0 Å². The third-order valence-corrected chi connectivity index (χ3v) is 2.05. The zero-order valence-corrected chi connectivity index (χ0v) is 7.14. The van der Waals surface area contributed by atoms with Crippen molar-refractivity contribution in [3.63, 3.8) is 0 Å². The molecule has 2 nitrogen and oxygen atoms in total. The number of aromatic nitrogens is 2. The summed E-state index contributed by atoms with van der Waals surface area (Å²) < 4.78 is 2.03. The van der Waals surface area contributed by atoms with E-state index in [1.807, 2.05) is 17.0 Å². The van der Waals surface area contributed by atoms with Crippen LogP contribution in [0.25, 0.3) is 12.3 Å². The lowest BCUT2D eigenvalue weighted by Gasteiger charge is -2.05. The number of allylic oxidation sites excluding steroid dienone is 2. The molecule has 2 heteroatoms. The molecule has 12 heavy (non-hydrogen) atoms. The summed E-state index contributed by atoms with van der Waals surface area (Å²) in [5, 5.41) is 0. The third-order valence-electron chi connectivity index (χ3n) is 2.05. The number of imidazole rings is 1. The zero-order chi connectivity index (χ0) is 8.39. The van der Waals surface area contributed by atoms with Crippen LogP contribution in [0, 0.1) is 5.92 Å². The highest BCUT2D eigenvalue weighted by atomic mass is 15.0. The maximum absolute atomic E-state index is 4.22. The van der Waals surface area contributed by atoms with Crippen molar-refractivity contribution < 1.29 is 0 Å². The van der Waals surface area contributed by atoms with Gasteiger partial charge in [-0.25, -0.2) is 4.98 Å². The average Bonchev–Trinajstić information content (AvgIpc) is 2.45. The Morgan fingerprint density at radius 3 is 3.42 bits per heavy atom. The Balaban J connectivity index is 2.40. The average molecular weight is 160 g/mol. The number of nitrogens with zero attached hydrogens (tertiary/aromatic N) is 2. The van der Waals surface area contributed by atoms with Crippen molar-refractivity contribution in [2.24, 2.45) is 5.92 Å². The Kier molecular flexibility index (Phi) is 1.82. The highest BCUT2D eigenvalue weighted by molar-refractivity contribution is 5.46. The Morgan fingerprint density at radius 1 is 1.58 bits per heavy atom. The standard InChI is InChI=1S/C10H12N2/c1-9-3-2-7-12-8-6-11-10(12)5-4-9/h2,4-9H,3H2,1H3/b5-4-,7-2+. The Labute approximate surface area is 72.2 Å². The zero-order valence-electron chi connectivity index (χ0n) is 7.14. The van der Waals surface area contributed by atoms with Crippen LogP contribution in [-0.2, 0) is 0 Å². The predicted molar refractivity (Wildman–Crippen MR) is 50.4 cm³/mol. The van der Waals surface area contributed by atoms with Crippen molar-refractivity contribution >= 4 is 12.3 Å². The Hall–Kier alpha value is -1.31. The van der Waals surface area contributed by atoms with Gasteiger partial charge in [0.2, 0.25) is 0 Å². The van der Waals surface area contributed by atoms with Crippen LogP contribution in [0.1, 0.15) is 19.2 Å². The second-order valence-electron chi connectivity index (χ2n) is 3.15. The van der Waals surface area contributed by atoms with Gasteiger partial charge in [-0.3, -0.25) is 0 Å². The van der Waals surface area contributed by atoms with Gasteiger partial charge in [-0.2, -0.15) is 0 Å². The number of fused-ring (bicyclic) bond motifs is 1. The topological polar surface area (TPSA) is 17.8 Å². The predicted octanol–water partition coefficient (Wildman–Crippen LogP) is 2.41. The first kappa shape index (κ1) is 7.35. The van der Waals surface area contributed by atoms with E-state index in [1.165, 1.54) is 0 Å². The molecule has 0 N–H and O–H groups in total. The lowest BCUT2D eigenvalue weighted by molar-refractivity contribution is 0.744. The lowest BCUT2D eigenvalue weighted by atomic mass is 10.1. The maximum atomic E-state index is 4.22. The molecule has 1 atom stereocenters. The van der Waals surface area contributed by atoms with Crippen molar-refractivity contribution in [1.82, 2.24) is 9.55 Å². The van der Waals surface area contributed by atoms with Gasteiger partial charge < -0.3 is 4.57 Å². The largest absolute Gasteiger partial charge is 0.307 e. The highest BCUT2D eigenvalue weighted by Crippen LogP contribution is 2.12. The van der Waals surface area contributed by atoms with Gasteiger partial charge in [0.1, 0.15) is 5.82 Å². The fourth-order valence-corrected chi connectivity index (χ4v) is 1.30. The molecular formula is C10H12N2. The van der Waals surface area contributed by atoms with Gasteiger partial charge in [0.25, 0.3) is 0 Å². The summed E-state index contributed by atoms with van der Waals surface area (Å²) in [5.74, 6) is 1.63. The molecule has 1 aromatic rings. The molecule has 0 bridgehead atoms. The van der Waals surface area contributed by atoms with Crippen LogP contribution in [0.5, 0.6) is 0 Å². The Bertz CT molecular complexity index is 320. The van der Waals surface area contributed by atoms with Gasteiger partial charge in [-0.1, -0.05) is 19.1 Å². The summed E-state index contributed by atoms with van der Waals surface area (Å²) >= 11 is 0. The molecule has 0 radical (unpaired) electrons. The van der Waals surface area contributed by atoms with Crippen LogP contribution >= 0.6 is 0 Å². The smallest absolute Gasteiger partial charge is 0.136 e. The van der Waals surface area contributed by atoms with Crippen molar-refractivity contribution in [2.45, 2.75) is 13.3 Å². The molecule has 0 saturated carbocycles. The molecule has 1 aliphatic heterocycles. The van der Waals surface area contributed by atoms with Gasteiger partial charge in [0.15, 0.2) is 0 Å². The van der Waals surface area contributed by atoms with E-state index < -0.39 is 0 Å². The summed E-state index contributed by atoms with van der Waals surface area (Å²) in [6, 6.07) is 0. The number of hydrogen-bond acceptors (Lipinski definition) is 1. The van der Waals surface area contributed by atoms with Crippen molar-refractivity contribution in [3.05, 3.63) is 30.4 Å². The van der Waals surface area contributed by atoms with Gasteiger partial charge in [0, 0.05) is 18.6 Å². The summed E-state index contributed by atoms with van der Waals surface area (Å²) in [4.78, 5) is 4.22. The lowest BCUT2D eigenvalue weighted by Crippen LogP contribution is -1.94. The second kappa shape index (κ2) is 2.97. The van der Waals surface area contributed by atoms with E-state index in [1.54, 1.807) is 0 Å². The fraction of sp³-hybridized carbons (Fsp3) is 0.300. The molecule has 1 aromatic heterocycles. The quantitative estimate of drug-likeness (QED) is 0.570. The molecule has 0 saturated heterocycles. The molecule has 0 fully saturated rings. The molecule has 62 valence electrons. The van der Waals surface area contributed by atoms with Crippen LogP contribution in [0.3, 0.4) is 0 Å².